The molecule has 3 N–H and O–H groups in total. The molecule has 1 atom stereocenters. The van der Waals surface area contributed by atoms with Crippen LogP contribution in [0.3, 0.4) is 0 Å². The van der Waals surface area contributed by atoms with Crippen molar-refractivity contribution in [3.63, 3.8) is 0 Å². The lowest BCUT2D eigenvalue weighted by molar-refractivity contribution is 0.540. The van der Waals surface area contributed by atoms with Crippen molar-refractivity contribution in [2.45, 2.75) is 17.9 Å². The first kappa shape index (κ1) is 16.3. The van der Waals surface area contributed by atoms with Gasteiger partial charge in [0.15, 0.2) is 0 Å². The molecule has 0 aliphatic rings. The Hall–Kier alpha value is -2.52. The number of halogens is 2. The summed E-state index contributed by atoms with van der Waals surface area (Å²) >= 11 is 0. The van der Waals surface area contributed by atoms with Crippen molar-refractivity contribution in [1.29, 1.82) is 0 Å². The van der Waals surface area contributed by atoms with E-state index in [9.17, 15) is 22.0 Å². The molecular weight excluding hydrogens is 340 g/mol. The molecule has 0 amide bonds. The van der Waals surface area contributed by atoms with Crippen LogP contribution in [-0.4, -0.2) is 18.4 Å². The summed E-state index contributed by atoms with van der Waals surface area (Å²) in [5.41, 5.74) is 0.380. The summed E-state index contributed by atoms with van der Waals surface area (Å²) in [6.07, 6.45) is 0. The van der Waals surface area contributed by atoms with Gasteiger partial charge in [-0.2, -0.15) is 0 Å². The maximum absolute atomic E-state index is 13.8. The Labute approximate surface area is 135 Å². The van der Waals surface area contributed by atoms with Gasteiger partial charge in [-0.15, -0.1) is 0 Å². The quantitative estimate of drug-likeness (QED) is 0.671. The molecular formula is C15H13F2N3O3S. The highest BCUT2D eigenvalue weighted by Gasteiger charge is 2.21. The van der Waals surface area contributed by atoms with Gasteiger partial charge in [0.1, 0.15) is 11.6 Å². The van der Waals surface area contributed by atoms with Gasteiger partial charge in [-0.3, -0.25) is 0 Å². The van der Waals surface area contributed by atoms with Gasteiger partial charge in [0.2, 0.25) is 10.0 Å². The van der Waals surface area contributed by atoms with Gasteiger partial charge in [0.25, 0.3) is 0 Å². The van der Waals surface area contributed by atoms with Crippen molar-refractivity contribution in [2.75, 3.05) is 0 Å². The average molecular weight is 353 g/mol. The van der Waals surface area contributed by atoms with E-state index in [1.165, 1.54) is 31.2 Å². The van der Waals surface area contributed by atoms with Crippen LogP contribution in [0.25, 0.3) is 11.0 Å². The molecule has 2 aromatic carbocycles. The molecule has 9 heteroatoms. The van der Waals surface area contributed by atoms with Crippen LogP contribution in [0.15, 0.2) is 46.1 Å². The lowest BCUT2D eigenvalue weighted by Crippen LogP contribution is -2.27. The fraction of sp³-hybridized carbons (Fsp3) is 0.133. The molecule has 126 valence electrons. The Balaban J connectivity index is 1.92. The number of H-pyrrole nitrogens is 2. The summed E-state index contributed by atoms with van der Waals surface area (Å²) in [5.74, 6) is -1.58. The minimum absolute atomic E-state index is 0.0242. The van der Waals surface area contributed by atoms with Crippen molar-refractivity contribution >= 4 is 21.1 Å². The smallest absolute Gasteiger partial charge is 0.306 e. The molecule has 0 unspecified atom stereocenters. The van der Waals surface area contributed by atoms with Crippen LogP contribution in [0.1, 0.15) is 18.5 Å². The summed E-state index contributed by atoms with van der Waals surface area (Å²) in [6, 6.07) is 6.09. The van der Waals surface area contributed by atoms with Crippen molar-refractivity contribution < 1.29 is 17.2 Å². The summed E-state index contributed by atoms with van der Waals surface area (Å²) < 4.78 is 53.9. The molecule has 1 aromatic heterocycles. The summed E-state index contributed by atoms with van der Waals surface area (Å²) in [7, 11) is -3.96. The maximum Gasteiger partial charge on any atom is 0.323 e. The predicted octanol–water partition coefficient (Wildman–Crippen LogP) is 2.17. The minimum atomic E-state index is -3.96. The zero-order valence-electron chi connectivity index (χ0n) is 12.4. The number of nitrogens with one attached hydrogen (secondary N) is 3. The Morgan fingerprint density at radius 1 is 1.04 bits per heavy atom. The van der Waals surface area contributed by atoms with Crippen LogP contribution in [-0.2, 0) is 10.0 Å². The van der Waals surface area contributed by atoms with Gasteiger partial charge in [-0.1, -0.05) is 6.07 Å². The molecule has 0 radical (unpaired) electrons. The predicted molar refractivity (Wildman–Crippen MR) is 84.0 cm³/mol. The number of benzene rings is 2. The average Bonchev–Trinajstić information content (AvgIpc) is 2.85. The van der Waals surface area contributed by atoms with Crippen LogP contribution < -0.4 is 10.4 Å². The van der Waals surface area contributed by atoms with E-state index in [-0.39, 0.29) is 10.5 Å². The number of imidazole rings is 1. The van der Waals surface area contributed by atoms with E-state index < -0.39 is 33.4 Å². The highest BCUT2D eigenvalue weighted by Crippen LogP contribution is 2.21. The van der Waals surface area contributed by atoms with Crippen molar-refractivity contribution in [2.24, 2.45) is 0 Å². The molecule has 0 saturated heterocycles. The molecule has 0 fully saturated rings. The third kappa shape index (κ3) is 3.08. The Kier molecular flexibility index (Phi) is 3.98. The third-order valence-corrected chi connectivity index (χ3v) is 5.10. The van der Waals surface area contributed by atoms with Crippen LogP contribution in [0.5, 0.6) is 0 Å². The second-order valence-electron chi connectivity index (χ2n) is 5.30. The fourth-order valence-corrected chi connectivity index (χ4v) is 3.64. The second-order valence-corrected chi connectivity index (χ2v) is 7.01. The van der Waals surface area contributed by atoms with Gasteiger partial charge < -0.3 is 9.97 Å². The number of hydrogen-bond donors (Lipinski definition) is 3. The van der Waals surface area contributed by atoms with Gasteiger partial charge >= 0.3 is 5.69 Å². The SMILES string of the molecule is C[C@H](NS(=O)(=O)c1ccc2[nH]c(=O)[nH]c2c1)c1ccc(F)cc1F. The molecule has 6 nitrogen and oxygen atoms in total. The molecule has 24 heavy (non-hydrogen) atoms. The van der Waals surface area contributed by atoms with Crippen LogP contribution >= 0.6 is 0 Å². The molecule has 0 aliphatic heterocycles. The number of rotatable bonds is 4. The number of sulfonamides is 1. The number of aromatic amines is 2. The van der Waals surface area contributed by atoms with E-state index in [1.54, 1.807) is 0 Å². The topological polar surface area (TPSA) is 94.8 Å². The van der Waals surface area contributed by atoms with Crippen LogP contribution in [0.2, 0.25) is 0 Å². The van der Waals surface area contributed by atoms with E-state index in [2.05, 4.69) is 14.7 Å². The molecule has 3 aromatic rings. The van der Waals surface area contributed by atoms with Gasteiger partial charge in [-0.05, 0) is 31.2 Å². The third-order valence-electron chi connectivity index (χ3n) is 3.56. The van der Waals surface area contributed by atoms with E-state index in [0.29, 0.717) is 17.1 Å². The van der Waals surface area contributed by atoms with Gasteiger partial charge in [0, 0.05) is 17.7 Å². The van der Waals surface area contributed by atoms with Crippen LogP contribution in [0, 0.1) is 11.6 Å². The molecule has 0 spiro atoms. The Morgan fingerprint density at radius 2 is 1.75 bits per heavy atom. The standard InChI is InChI=1S/C15H13F2N3O3S/c1-8(11-4-2-9(16)6-12(11)17)20-24(22,23)10-3-5-13-14(7-10)19-15(21)18-13/h2-8,20H,1H3,(H2,18,19,21)/t8-/m0/s1. The summed E-state index contributed by atoms with van der Waals surface area (Å²) in [6.45, 7) is 1.45. The molecule has 1 heterocycles. The largest absolute Gasteiger partial charge is 0.323 e. The summed E-state index contributed by atoms with van der Waals surface area (Å²) in [4.78, 5) is 16.1. The second kappa shape index (κ2) is 5.84. The minimum Gasteiger partial charge on any atom is -0.306 e. The van der Waals surface area contributed by atoms with Gasteiger partial charge in [0.05, 0.1) is 15.9 Å². The number of hydrogen-bond acceptors (Lipinski definition) is 3. The molecule has 0 aliphatic carbocycles. The van der Waals surface area contributed by atoms with Crippen molar-refractivity contribution in [3.8, 4) is 0 Å². The lowest BCUT2D eigenvalue weighted by atomic mass is 10.1. The normalized spacial score (nSPS) is 13.3. The van der Waals surface area contributed by atoms with E-state index in [0.717, 1.165) is 6.07 Å². The Bertz CT molecular complexity index is 1070. The molecule has 0 bridgehead atoms. The first-order chi connectivity index (χ1) is 11.3. The highest BCUT2D eigenvalue weighted by atomic mass is 32.2. The monoisotopic (exact) mass is 353 g/mol. The number of fused-ring (bicyclic) bond motifs is 1. The van der Waals surface area contributed by atoms with E-state index in [1.807, 2.05) is 0 Å². The zero-order chi connectivity index (χ0) is 17.5. The van der Waals surface area contributed by atoms with Gasteiger partial charge in [-0.25, -0.2) is 26.7 Å². The fourth-order valence-electron chi connectivity index (χ4n) is 2.40. The zero-order valence-corrected chi connectivity index (χ0v) is 13.2. The van der Waals surface area contributed by atoms with E-state index >= 15 is 0 Å². The lowest BCUT2D eigenvalue weighted by Gasteiger charge is -2.15. The van der Waals surface area contributed by atoms with Crippen molar-refractivity contribution in [3.05, 3.63) is 64.1 Å². The van der Waals surface area contributed by atoms with E-state index in [4.69, 9.17) is 0 Å². The first-order valence-corrected chi connectivity index (χ1v) is 8.44. The first-order valence-electron chi connectivity index (χ1n) is 6.95. The summed E-state index contributed by atoms with van der Waals surface area (Å²) in [5, 5.41) is 0. The molecule has 0 saturated carbocycles. The van der Waals surface area contributed by atoms with Crippen molar-refractivity contribution in [1.82, 2.24) is 14.7 Å². The highest BCUT2D eigenvalue weighted by molar-refractivity contribution is 7.89. The Morgan fingerprint density at radius 3 is 2.46 bits per heavy atom. The maximum atomic E-state index is 13.8. The number of aromatic nitrogens is 2. The van der Waals surface area contributed by atoms with Crippen LogP contribution in [0.4, 0.5) is 8.78 Å². The molecule has 3 rings (SSSR count).